The summed E-state index contributed by atoms with van der Waals surface area (Å²) in [6.45, 7) is 0. The zero-order valence-electron chi connectivity index (χ0n) is 13.5. The molecule has 0 bridgehead atoms. The Balaban J connectivity index is 1.84. The molecule has 0 amide bonds. The number of cyclic esters (lactones) is 1. The molecule has 8 heteroatoms. The normalized spacial score (nSPS) is 16.3. The third kappa shape index (κ3) is 3.68. The van der Waals surface area contributed by atoms with Crippen molar-refractivity contribution in [3.63, 3.8) is 0 Å². The highest BCUT2D eigenvalue weighted by molar-refractivity contribution is 9.10. The first kappa shape index (κ1) is 18.3. The molecule has 26 heavy (non-hydrogen) atoms. The molecule has 6 nitrogen and oxygen atoms in total. The lowest BCUT2D eigenvalue weighted by Crippen LogP contribution is -2.24. The molecule has 0 saturated carbocycles. The standard InChI is InChI=1S/C18H13BrClNO5/c1-24-13-9-5-4-8-12(13)21-15-14(20)17(23)26-18(15)25-16(22)10-6-2-3-7-11(10)19/h2-9,18,21H,1H3/t18-/m1/s1. The van der Waals surface area contributed by atoms with Crippen LogP contribution in [0.4, 0.5) is 5.69 Å². The second-order valence-electron chi connectivity index (χ2n) is 5.18. The number of esters is 2. The molecule has 2 aromatic carbocycles. The monoisotopic (exact) mass is 437 g/mol. The number of para-hydroxylation sites is 2. The van der Waals surface area contributed by atoms with Crippen molar-refractivity contribution in [3.05, 3.63) is 69.3 Å². The van der Waals surface area contributed by atoms with Gasteiger partial charge in [0.2, 0.25) is 0 Å². The number of nitrogens with one attached hydrogen (secondary N) is 1. The number of anilines is 1. The second kappa shape index (κ2) is 7.80. The molecule has 134 valence electrons. The SMILES string of the molecule is COc1ccccc1NC1=C(Cl)C(=O)O[C@H]1OC(=O)c1ccccc1Br. The lowest BCUT2D eigenvalue weighted by molar-refractivity contribution is -0.152. The van der Waals surface area contributed by atoms with Gasteiger partial charge in [0.1, 0.15) is 11.4 Å². The van der Waals surface area contributed by atoms with Crippen molar-refractivity contribution in [2.45, 2.75) is 6.29 Å². The Labute approximate surface area is 162 Å². The lowest BCUT2D eigenvalue weighted by atomic mass is 10.2. The van der Waals surface area contributed by atoms with Gasteiger partial charge in [-0.05, 0) is 40.2 Å². The van der Waals surface area contributed by atoms with Gasteiger partial charge in [-0.25, -0.2) is 9.59 Å². The number of methoxy groups -OCH3 is 1. The van der Waals surface area contributed by atoms with Gasteiger partial charge >= 0.3 is 11.9 Å². The van der Waals surface area contributed by atoms with Crippen LogP contribution in [0, 0.1) is 0 Å². The molecule has 3 rings (SSSR count). The van der Waals surface area contributed by atoms with E-state index in [-0.39, 0.29) is 10.7 Å². The van der Waals surface area contributed by atoms with Crippen LogP contribution < -0.4 is 10.1 Å². The summed E-state index contributed by atoms with van der Waals surface area (Å²) in [5, 5.41) is 2.76. The molecular formula is C18H13BrClNO5. The molecule has 1 heterocycles. The van der Waals surface area contributed by atoms with E-state index in [1.54, 1.807) is 48.5 Å². The first-order chi connectivity index (χ1) is 12.5. The van der Waals surface area contributed by atoms with E-state index in [4.69, 9.17) is 25.8 Å². The van der Waals surface area contributed by atoms with Gasteiger partial charge in [0.25, 0.3) is 6.29 Å². The van der Waals surface area contributed by atoms with Crippen LogP contribution in [-0.2, 0) is 14.3 Å². The third-order valence-corrected chi connectivity index (χ3v) is 4.60. The van der Waals surface area contributed by atoms with Crippen molar-refractivity contribution in [2.24, 2.45) is 0 Å². The van der Waals surface area contributed by atoms with Crippen LogP contribution in [0.1, 0.15) is 10.4 Å². The minimum Gasteiger partial charge on any atom is -0.495 e. The predicted octanol–water partition coefficient (Wildman–Crippen LogP) is 4.06. The predicted molar refractivity (Wildman–Crippen MR) is 98.9 cm³/mol. The molecular weight excluding hydrogens is 426 g/mol. The van der Waals surface area contributed by atoms with Gasteiger partial charge in [0.15, 0.2) is 5.03 Å². The minimum atomic E-state index is -1.29. The minimum absolute atomic E-state index is 0.126. The van der Waals surface area contributed by atoms with Gasteiger partial charge < -0.3 is 19.5 Å². The van der Waals surface area contributed by atoms with Gasteiger partial charge in [-0.2, -0.15) is 0 Å². The lowest BCUT2D eigenvalue weighted by Gasteiger charge is -2.17. The maximum Gasteiger partial charge on any atom is 0.355 e. The number of hydrogen-bond donors (Lipinski definition) is 1. The molecule has 0 aromatic heterocycles. The first-order valence-electron chi connectivity index (χ1n) is 7.47. The first-order valence-corrected chi connectivity index (χ1v) is 8.64. The molecule has 0 saturated heterocycles. The number of ether oxygens (including phenoxy) is 3. The van der Waals surface area contributed by atoms with E-state index in [2.05, 4.69) is 21.2 Å². The summed E-state index contributed by atoms with van der Waals surface area (Å²) < 4.78 is 16.2. The van der Waals surface area contributed by atoms with Gasteiger partial charge in [0.05, 0.1) is 18.4 Å². The van der Waals surface area contributed by atoms with Crippen molar-refractivity contribution < 1.29 is 23.8 Å². The van der Waals surface area contributed by atoms with Gasteiger partial charge in [0, 0.05) is 4.47 Å². The molecule has 1 aliphatic heterocycles. The number of hydrogen-bond acceptors (Lipinski definition) is 6. The van der Waals surface area contributed by atoms with E-state index in [1.807, 2.05) is 0 Å². The number of carbonyl (C=O) groups is 2. The van der Waals surface area contributed by atoms with Gasteiger partial charge in [-0.15, -0.1) is 0 Å². The average Bonchev–Trinajstić information content (AvgIpc) is 2.90. The van der Waals surface area contributed by atoms with E-state index >= 15 is 0 Å². The molecule has 0 radical (unpaired) electrons. The topological polar surface area (TPSA) is 73.9 Å². The maximum atomic E-state index is 12.4. The van der Waals surface area contributed by atoms with Crippen LogP contribution in [0.15, 0.2) is 63.7 Å². The molecule has 0 spiro atoms. The van der Waals surface area contributed by atoms with E-state index in [9.17, 15) is 9.59 Å². The molecule has 2 aromatic rings. The highest BCUT2D eigenvalue weighted by Crippen LogP contribution is 2.32. The van der Waals surface area contributed by atoms with Crippen LogP contribution in [0.2, 0.25) is 0 Å². The summed E-state index contributed by atoms with van der Waals surface area (Å²) in [4.78, 5) is 24.2. The second-order valence-corrected chi connectivity index (χ2v) is 6.41. The molecule has 0 unspecified atom stereocenters. The van der Waals surface area contributed by atoms with Crippen LogP contribution in [-0.4, -0.2) is 25.3 Å². The third-order valence-electron chi connectivity index (χ3n) is 3.55. The van der Waals surface area contributed by atoms with E-state index < -0.39 is 18.2 Å². The fourth-order valence-electron chi connectivity index (χ4n) is 2.30. The Morgan fingerprint density at radius 3 is 2.62 bits per heavy atom. The van der Waals surface area contributed by atoms with E-state index in [1.165, 1.54) is 7.11 Å². The summed E-state index contributed by atoms with van der Waals surface area (Å²) in [6, 6.07) is 13.8. The number of carbonyl (C=O) groups excluding carboxylic acids is 2. The van der Waals surface area contributed by atoms with Crippen LogP contribution in [0.25, 0.3) is 0 Å². The average molecular weight is 439 g/mol. The smallest absolute Gasteiger partial charge is 0.355 e. The van der Waals surface area contributed by atoms with Crippen LogP contribution in [0.3, 0.4) is 0 Å². The quantitative estimate of drug-likeness (QED) is 0.710. The summed E-state index contributed by atoms with van der Waals surface area (Å²) in [5.41, 5.74) is 0.966. The van der Waals surface area contributed by atoms with Crippen molar-refractivity contribution >= 4 is 45.2 Å². The number of halogens is 2. The molecule has 1 N–H and O–H groups in total. The summed E-state index contributed by atoms with van der Waals surface area (Å²) in [5.74, 6) is -0.922. The van der Waals surface area contributed by atoms with Crippen molar-refractivity contribution in [2.75, 3.05) is 12.4 Å². The van der Waals surface area contributed by atoms with Crippen molar-refractivity contribution in [1.82, 2.24) is 0 Å². The Kier molecular flexibility index (Phi) is 5.49. The highest BCUT2D eigenvalue weighted by atomic mass is 79.9. The summed E-state index contributed by atoms with van der Waals surface area (Å²) in [6.07, 6.45) is -1.29. The van der Waals surface area contributed by atoms with Gasteiger partial charge in [-0.3, -0.25) is 0 Å². The van der Waals surface area contributed by atoms with Gasteiger partial charge in [-0.1, -0.05) is 35.9 Å². The molecule has 0 aliphatic carbocycles. The summed E-state index contributed by atoms with van der Waals surface area (Å²) in [7, 11) is 1.51. The largest absolute Gasteiger partial charge is 0.495 e. The Hall–Kier alpha value is -2.51. The molecule has 0 fully saturated rings. The Bertz CT molecular complexity index is 899. The number of benzene rings is 2. The van der Waals surface area contributed by atoms with E-state index in [0.29, 0.717) is 21.5 Å². The molecule has 1 atom stereocenters. The Morgan fingerprint density at radius 2 is 1.88 bits per heavy atom. The Morgan fingerprint density at radius 1 is 1.19 bits per heavy atom. The highest BCUT2D eigenvalue weighted by Gasteiger charge is 2.37. The van der Waals surface area contributed by atoms with Crippen LogP contribution >= 0.6 is 27.5 Å². The zero-order valence-corrected chi connectivity index (χ0v) is 15.8. The van der Waals surface area contributed by atoms with Crippen LogP contribution in [0.5, 0.6) is 5.75 Å². The van der Waals surface area contributed by atoms with Crippen molar-refractivity contribution in [3.8, 4) is 5.75 Å². The molecule has 1 aliphatic rings. The fourth-order valence-corrected chi connectivity index (χ4v) is 2.93. The van der Waals surface area contributed by atoms with Crippen molar-refractivity contribution in [1.29, 1.82) is 0 Å². The number of rotatable bonds is 5. The van der Waals surface area contributed by atoms with E-state index in [0.717, 1.165) is 0 Å². The fraction of sp³-hybridized carbons (Fsp3) is 0.111. The maximum absolute atomic E-state index is 12.4. The summed E-state index contributed by atoms with van der Waals surface area (Å²) >= 11 is 9.31. The zero-order chi connectivity index (χ0) is 18.7.